The summed E-state index contributed by atoms with van der Waals surface area (Å²) in [6.07, 6.45) is 3.29. The maximum Gasteiger partial charge on any atom is 0.320 e. The lowest BCUT2D eigenvalue weighted by molar-refractivity contribution is -0.143. The highest BCUT2D eigenvalue weighted by Gasteiger charge is 2.37. The fraction of sp³-hybridized carbons (Fsp3) is 0.909. The quantitative estimate of drug-likeness (QED) is 0.720. The molecule has 15 heavy (non-hydrogen) atoms. The molecule has 1 saturated heterocycles. The third-order valence-corrected chi connectivity index (χ3v) is 3.04. The maximum atomic E-state index is 11.1. The summed E-state index contributed by atoms with van der Waals surface area (Å²) in [6.45, 7) is 4.99. The number of β-amino-alcohol motifs (C(OH)–C–C–N with tert-alkyl or cyclic N) is 1. The Morgan fingerprint density at radius 3 is 2.67 bits per heavy atom. The number of likely N-dealkylation sites (tertiary alicyclic amines) is 1. The van der Waals surface area contributed by atoms with Crippen LogP contribution in [-0.4, -0.2) is 45.8 Å². The standard InChI is InChI=1S/C11H21NO3/c1-3-4-5-9(10(13)14)12-7-6-11(2,15)8-12/h9,15H,3-8H2,1-2H3,(H,13,14). The molecule has 4 nitrogen and oxygen atoms in total. The third kappa shape index (κ3) is 3.47. The molecule has 2 atom stereocenters. The van der Waals surface area contributed by atoms with E-state index >= 15 is 0 Å². The van der Waals surface area contributed by atoms with E-state index in [4.69, 9.17) is 5.11 Å². The largest absolute Gasteiger partial charge is 0.480 e. The molecule has 1 aliphatic rings. The van der Waals surface area contributed by atoms with E-state index in [-0.39, 0.29) is 0 Å². The highest BCUT2D eigenvalue weighted by Crippen LogP contribution is 2.24. The predicted molar refractivity (Wildman–Crippen MR) is 57.8 cm³/mol. The second kappa shape index (κ2) is 4.94. The molecule has 0 aliphatic carbocycles. The van der Waals surface area contributed by atoms with Crippen molar-refractivity contribution in [1.82, 2.24) is 4.90 Å². The molecule has 1 aliphatic heterocycles. The van der Waals surface area contributed by atoms with E-state index in [0.717, 1.165) is 12.8 Å². The number of carboxylic acids is 1. The highest BCUT2D eigenvalue weighted by molar-refractivity contribution is 5.73. The molecule has 2 N–H and O–H groups in total. The van der Waals surface area contributed by atoms with Crippen molar-refractivity contribution < 1.29 is 15.0 Å². The lowest BCUT2D eigenvalue weighted by atomic mass is 10.1. The Balaban J connectivity index is 2.54. The lowest BCUT2D eigenvalue weighted by Crippen LogP contribution is -2.41. The van der Waals surface area contributed by atoms with Crippen molar-refractivity contribution in [3.05, 3.63) is 0 Å². The molecular weight excluding hydrogens is 194 g/mol. The van der Waals surface area contributed by atoms with E-state index in [0.29, 0.717) is 25.9 Å². The van der Waals surface area contributed by atoms with E-state index in [1.165, 1.54) is 0 Å². The van der Waals surface area contributed by atoms with E-state index < -0.39 is 17.6 Å². The van der Waals surface area contributed by atoms with Crippen LogP contribution in [0.2, 0.25) is 0 Å². The van der Waals surface area contributed by atoms with Gasteiger partial charge in [0.2, 0.25) is 0 Å². The van der Waals surface area contributed by atoms with Crippen molar-refractivity contribution >= 4 is 5.97 Å². The first kappa shape index (κ1) is 12.5. The third-order valence-electron chi connectivity index (χ3n) is 3.04. The van der Waals surface area contributed by atoms with Crippen molar-refractivity contribution in [3.63, 3.8) is 0 Å². The molecule has 1 rings (SSSR count). The van der Waals surface area contributed by atoms with Gasteiger partial charge in [-0.25, -0.2) is 0 Å². The Labute approximate surface area is 90.9 Å². The van der Waals surface area contributed by atoms with Gasteiger partial charge < -0.3 is 10.2 Å². The first-order valence-electron chi connectivity index (χ1n) is 5.65. The Kier molecular flexibility index (Phi) is 4.11. The van der Waals surface area contributed by atoms with Crippen LogP contribution in [0, 0.1) is 0 Å². The number of rotatable bonds is 5. The zero-order valence-electron chi connectivity index (χ0n) is 9.57. The fourth-order valence-corrected chi connectivity index (χ4v) is 2.11. The van der Waals surface area contributed by atoms with Crippen LogP contribution >= 0.6 is 0 Å². The lowest BCUT2D eigenvalue weighted by Gasteiger charge is -2.25. The van der Waals surface area contributed by atoms with Gasteiger partial charge in [0.05, 0.1) is 5.60 Å². The minimum atomic E-state index is -0.763. The molecule has 2 unspecified atom stereocenters. The smallest absolute Gasteiger partial charge is 0.320 e. The number of hydrogen-bond donors (Lipinski definition) is 2. The minimum absolute atomic E-state index is 0.418. The number of carbonyl (C=O) groups is 1. The molecule has 0 spiro atoms. The van der Waals surface area contributed by atoms with E-state index in [1.807, 2.05) is 4.90 Å². The topological polar surface area (TPSA) is 60.8 Å². The molecule has 0 aromatic rings. The Bertz CT molecular complexity index is 228. The Morgan fingerprint density at radius 2 is 2.27 bits per heavy atom. The zero-order chi connectivity index (χ0) is 11.5. The van der Waals surface area contributed by atoms with Gasteiger partial charge in [-0.1, -0.05) is 19.8 Å². The van der Waals surface area contributed by atoms with Gasteiger partial charge in [-0.2, -0.15) is 0 Å². The summed E-state index contributed by atoms with van der Waals surface area (Å²) in [4.78, 5) is 13.0. The normalized spacial score (nSPS) is 29.3. The second-order valence-corrected chi connectivity index (χ2v) is 4.71. The minimum Gasteiger partial charge on any atom is -0.480 e. The number of hydrogen-bond acceptors (Lipinski definition) is 3. The van der Waals surface area contributed by atoms with E-state index in [9.17, 15) is 9.90 Å². The molecule has 1 fully saturated rings. The van der Waals surface area contributed by atoms with Gasteiger partial charge in [0.1, 0.15) is 6.04 Å². The summed E-state index contributed by atoms with van der Waals surface area (Å²) in [5.41, 5.74) is -0.708. The van der Waals surface area contributed by atoms with Crippen LogP contribution in [0.3, 0.4) is 0 Å². The van der Waals surface area contributed by atoms with Crippen molar-refractivity contribution in [1.29, 1.82) is 0 Å². The molecule has 88 valence electrons. The summed E-state index contributed by atoms with van der Waals surface area (Å²) in [5.74, 6) is -0.763. The summed E-state index contributed by atoms with van der Waals surface area (Å²) in [5, 5.41) is 18.9. The van der Waals surface area contributed by atoms with Crippen molar-refractivity contribution in [2.24, 2.45) is 0 Å². The van der Waals surface area contributed by atoms with Gasteiger partial charge >= 0.3 is 5.97 Å². The second-order valence-electron chi connectivity index (χ2n) is 4.71. The fourth-order valence-electron chi connectivity index (χ4n) is 2.11. The van der Waals surface area contributed by atoms with Gasteiger partial charge in [0, 0.05) is 13.1 Å². The maximum absolute atomic E-state index is 11.1. The molecule has 0 radical (unpaired) electrons. The number of aliphatic hydroxyl groups is 1. The van der Waals surface area contributed by atoms with Crippen molar-refractivity contribution in [2.75, 3.05) is 13.1 Å². The van der Waals surface area contributed by atoms with Gasteiger partial charge in [-0.05, 0) is 19.8 Å². The molecule has 0 saturated carbocycles. The van der Waals surface area contributed by atoms with Gasteiger partial charge in [-0.3, -0.25) is 9.69 Å². The van der Waals surface area contributed by atoms with Crippen LogP contribution in [0.15, 0.2) is 0 Å². The number of nitrogens with zero attached hydrogens (tertiary/aromatic N) is 1. The van der Waals surface area contributed by atoms with Crippen LogP contribution in [0.5, 0.6) is 0 Å². The molecule has 0 amide bonds. The molecule has 0 aromatic heterocycles. The van der Waals surface area contributed by atoms with Crippen molar-refractivity contribution in [3.8, 4) is 0 Å². The zero-order valence-corrected chi connectivity index (χ0v) is 9.57. The SMILES string of the molecule is CCCCC(C(=O)O)N1CCC(C)(O)C1. The number of unbranched alkanes of at least 4 members (excludes halogenated alkanes) is 1. The number of carboxylic acid groups (broad SMARTS) is 1. The first-order valence-corrected chi connectivity index (χ1v) is 5.65. The summed E-state index contributed by atoms with van der Waals surface area (Å²) < 4.78 is 0. The first-order chi connectivity index (χ1) is 6.96. The van der Waals surface area contributed by atoms with Crippen LogP contribution in [0.25, 0.3) is 0 Å². The summed E-state index contributed by atoms with van der Waals surface area (Å²) >= 11 is 0. The summed E-state index contributed by atoms with van der Waals surface area (Å²) in [6, 6.07) is -0.418. The van der Waals surface area contributed by atoms with Crippen molar-refractivity contribution in [2.45, 2.75) is 51.2 Å². The van der Waals surface area contributed by atoms with Crippen LogP contribution in [0.4, 0.5) is 0 Å². The summed E-state index contributed by atoms with van der Waals surface area (Å²) in [7, 11) is 0. The van der Waals surface area contributed by atoms with Crippen LogP contribution < -0.4 is 0 Å². The molecular formula is C11H21NO3. The molecule has 0 bridgehead atoms. The van der Waals surface area contributed by atoms with Gasteiger partial charge in [-0.15, -0.1) is 0 Å². The van der Waals surface area contributed by atoms with Crippen LogP contribution in [0.1, 0.15) is 39.5 Å². The Hall–Kier alpha value is -0.610. The predicted octanol–water partition coefficient (Wildman–Crippen LogP) is 1.09. The number of aliphatic carboxylic acids is 1. The molecule has 0 aromatic carbocycles. The van der Waals surface area contributed by atoms with E-state index in [2.05, 4.69) is 6.92 Å². The average Bonchev–Trinajstić information content (AvgIpc) is 2.46. The van der Waals surface area contributed by atoms with E-state index in [1.54, 1.807) is 6.92 Å². The molecule has 4 heteroatoms. The average molecular weight is 215 g/mol. The Morgan fingerprint density at radius 1 is 1.60 bits per heavy atom. The highest BCUT2D eigenvalue weighted by atomic mass is 16.4. The van der Waals surface area contributed by atoms with Gasteiger partial charge in [0.15, 0.2) is 0 Å². The van der Waals surface area contributed by atoms with Crippen LogP contribution in [-0.2, 0) is 4.79 Å². The van der Waals surface area contributed by atoms with Gasteiger partial charge in [0.25, 0.3) is 0 Å². The molecule has 1 heterocycles. The monoisotopic (exact) mass is 215 g/mol.